The molecular weight excluding hydrogens is 524 g/mol. The lowest BCUT2D eigenvalue weighted by Gasteiger charge is -2.33. The number of fused-ring (bicyclic) bond motifs is 4. The van der Waals surface area contributed by atoms with Crippen molar-refractivity contribution in [3.05, 3.63) is 65.2 Å². The molecule has 3 atom stereocenters. The lowest BCUT2D eigenvalue weighted by Crippen LogP contribution is -2.54. The van der Waals surface area contributed by atoms with Gasteiger partial charge in [-0.2, -0.15) is 0 Å². The number of hydrogen-bond acceptors (Lipinski definition) is 6. The highest BCUT2D eigenvalue weighted by Crippen LogP contribution is 2.19. The molecule has 1 fully saturated rings. The van der Waals surface area contributed by atoms with E-state index in [1.165, 1.54) is 6.92 Å². The van der Waals surface area contributed by atoms with Crippen LogP contribution in [0.2, 0.25) is 0 Å². The Labute approximate surface area is 241 Å². The number of hydrogen-bond donors (Lipinski definition) is 3. The Hall–Kier alpha value is -3.92. The highest BCUT2D eigenvalue weighted by atomic mass is 16.5. The third-order valence-corrected chi connectivity index (χ3v) is 7.51. The van der Waals surface area contributed by atoms with Crippen LogP contribution in [0.3, 0.4) is 0 Å². The second kappa shape index (κ2) is 14.6. The molecular formula is C31H40N4O6. The minimum absolute atomic E-state index is 0.0770. The van der Waals surface area contributed by atoms with E-state index in [4.69, 9.17) is 9.47 Å². The van der Waals surface area contributed by atoms with Crippen LogP contribution in [0.25, 0.3) is 0 Å². The molecule has 4 bridgehead atoms. The van der Waals surface area contributed by atoms with Gasteiger partial charge in [0.25, 0.3) is 0 Å². The normalized spacial score (nSPS) is 22.7. The van der Waals surface area contributed by atoms with Crippen molar-refractivity contribution in [2.24, 2.45) is 0 Å². The number of amides is 4. The lowest BCUT2D eigenvalue weighted by atomic mass is 10.0. The van der Waals surface area contributed by atoms with Crippen molar-refractivity contribution < 1.29 is 28.7 Å². The molecule has 220 valence electrons. The van der Waals surface area contributed by atoms with E-state index in [1.54, 1.807) is 4.90 Å². The summed E-state index contributed by atoms with van der Waals surface area (Å²) < 4.78 is 11.8. The number of nitrogens with one attached hydrogen (secondary N) is 3. The van der Waals surface area contributed by atoms with Gasteiger partial charge in [0.05, 0.1) is 19.3 Å². The van der Waals surface area contributed by atoms with Crippen LogP contribution in [-0.4, -0.2) is 73.0 Å². The Balaban J connectivity index is 1.56. The first-order valence-corrected chi connectivity index (χ1v) is 14.3. The largest absolute Gasteiger partial charge is 0.493 e. The molecule has 2 heterocycles. The van der Waals surface area contributed by atoms with Crippen molar-refractivity contribution in [2.45, 2.75) is 70.7 Å². The first-order valence-electron chi connectivity index (χ1n) is 14.3. The summed E-state index contributed by atoms with van der Waals surface area (Å²) in [7, 11) is 0. The zero-order chi connectivity index (χ0) is 29.2. The molecule has 1 saturated heterocycles. The summed E-state index contributed by atoms with van der Waals surface area (Å²) in [4.78, 5) is 53.6. The fraction of sp³-hybridized carbons (Fsp3) is 0.484. The maximum atomic E-state index is 13.4. The molecule has 10 heteroatoms. The molecule has 0 spiro atoms. The number of benzene rings is 2. The molecule has 2 aromatic carbocycles. The molecule has 41 heavy (non-hydrogen) atoms. The lowest BCUT2D eigenvalue weighted by molar-refractivity contribution is -0.140. The number of morpholine rings is 1. The first kappa shape index (κ1) is 30.0. The van der Waals surface area contributed by atoms with Gasteiger partial charge in [-0.15, -0.1) is 0 Å². The van der Waals surface area contributed by atoms with Crippen molar-refractivity contribution in [3.63, 3.8) is 0 Å². The fourth-order valence-corrected chi connectivity index (χ4v) is 5.10. The SMILES string of the molecule is CC(=O)N[C@H]1CCC(=O)N2CCOC(CCOc3ccc(C)c(c3)CNC(=O)[C@H](CCc3ccccc3)NC1=O)C2. The predicted octanol–water partition coefficient (Wildman–Crippen LogP) is 2.02. The molecule has 4 rings (SSSR count). The van der Waals surface area contributed by atoms with Crippen LogP contribution in [0.5, 0.6) is 5.75 Å². The van der Waals surface area contributed by atoms with E-state index in [1.807, 2.05) is 55.5 Å². The second-order valence-electron chi connectivity index (χ2n) is 10.7. The predicted molar refractivity (Wildman–Crippen MR) is 153 cm³/mol. The van der Waals surface area contributed by atoms with Gasteiger partial charge >= 0.3 is 0 Å². The molecule has 10 nitrogen and oxygen atoms in total. The van der Waals surface area contributed by atoms with Gasteiger partial charge in [0, 0.05) is 39.4 Å². The molecule has 4 amide bonds. The van der Waals surface area contributed by atoms with Crippen LogP contribution in [-0.2, 0) is 36.9 Å². The maximum absolute atomic E-state index is 13.4. The summed E-state index contributed by atoms with van der Waals surface area (Å²) in [5, 5.41) is 8.48. The van der Waals surface area contributed by atoms with Gasteiger partial charge in [0.2, 0.25) is 23.6 Å². The number of ether oxygens (including phenoxy) is 2. The number of rotatable bonds is 4. The minimum Gasteiger partial charge on any atom is -0.493 e. The van der Waals surface area contributed by atoms with Crippen LogP contribution in [0.4, 0.5) is 0 Å². The maximum Gasteiger partial charge on any atom is 0.243 e. The average molecular weight is 565 g/mol. The second-order valence-corrected chi connectivity index (χ2v) is 10.7. The van der Waals surface area contributed by atoms with Gasteiger partial charge in [-0.3, -0.25) is 19.2 Å². The Kier molecular flexibility index (Phi) is 10.7. The van der Waals surface area contributed by atoms with Gasteiger partial charge in [0.15, 0.2) is 0 Å². The summed E-state index contributed by atoms with van der Waals surface area (Å²) in [6.45, 7) is 5.32. The molecule has 2 aliphatic heterocycles. The van der Waals surface area contributed by atoms with Crippen LogP contribution in [0.1, 0.15) is 49.3 Å². The fourth-order valence-electron chi connectivity index (χ4n) is 5.10. The monoisotopic (exact) mass is 564 g/mol. The number of carbonyl (C=O) groups excluding carboxylic acids is 4. The van der Waals surface area contributed by atoms with Crippen LogP contribution in [0, 0.1) is 6.92 Å². The van der Waals surface area contributed by atoms with Gasteiger partial charge in [-0.1, -0.05) is 36.4 Å². The Morgan fingerprint density at radius 3 is 2.63 bits per heavy atom. The first-order chi connectivity index (χ1) is 19.8. The van der Waals surface area contributed by atoms with Crippen LogP contribution in [0.15, 0.2) is 48.5 Å². The highest BCUT2D eigenvalue weighted by Gasteiger charge is 2.29. The topological polar surface area (TPSA) is 126 Å². The quantitative estimate of drug-likeness (QED) is 0.522. The van der Waals surface area contributed by atoms with Gasteiger partial charge in [-0.25, -0.2) is 0 Å². The molecule has 3 N–H and O–H groups in total. The Morgan fingerprint density at radius 1 is 1.05 bits per heavy atom. The van der Waals surface area contributed by atoms with Crippen molar-refractivity contribution in [3.8, 4) is 5.75 Å². The summed E-state index contributed by atoms with van der Waals surface area (Å²) in [6.07, 6.45) is 1.59. The molecule has 1 unspecified atom stereocenters. The number of nitrogens with zero attached hydrogens (tertiary/aromatic N) is 1. The highest BCUT2D eigenvalue weighted by molar-refractivity contribution is 5.92. The van der Waals surface area contributed by atoms with Crippen molar-refractivity contribution in [2.75, 3.05) is 26.3 Å². The third kappa shape index (κ3) is 9.04. The van der Waals surface area contributed by atoms with E-state index in [-0.39, 0.29) is 43.2 Å². The van der Waals surface area contributed by atoms with E-state index in [0.29, 0.717) is 51.3 Å². The smallest absolute Gasteiger partial charge is 0.243 e. The standard InChI is InChI=1S/C31H40N4O6/c1-21-8-10-25-18-24(21)19-32-30(38)27(11-9-23-6-4-3-5-7-23)34-31(39)28(33-22(2)36)12-13-29(37)35-15-17-41-26(20-35)14-16-40-25/h3-8,10,18,26-28H,9,11-17,19-20H2,1-2H3,(H,32,38)(H,33,36)(H,34,39)/t26?,27-,28-/m0/s1. The summed E-state index contributed by atoms with van der Waals surface area (Å²) >= 11 is 0. The molecule has 0 radical (unpaired) electrons. The van der Waals surface area contributed by atoms with Crippen molar-refractivity contribution in [1.82, 2.24) is 20.9 Å². The van der Waals surface area contributed by atoms with Crippen molar-refractivity contribution >= 4 is 23.6 Å². The molecule has 2 aromatic rings. The van der Waals surface area contributed by atoms with Crippen LogP contribution < -0.4 is 20.7 Å². The third-order valence-electron chi connectivity index (χ3n) is 7.51. The van der Waals surface area contributed by atoms with Gasteiger partial charge < -0.3 is 30.3 Å². The molecule has 2 aliphatic rings. The Bertz CT molecular complexity index is 1220. The van der Waals surface area contributed by atoms with E-state index < -0.39 is 18.0 Å². The summed E-state index contributed by atoms with van der Waals surface area (Å²) in [5.41, 5.74) is 2.95. The van der Waals surface area contributed by atoms with E-state index in [9.17, 15) is 19.2 Å². The van der Waals surface area contributed by atoms with E-state index in [0.717, 1.165) is 16.7 Å². The number of aryl methyl sites for hydroxylation is 2. The van der Waals surface area contributed by atoms with Crippen molar-refractivity contribution in [1.29, 1.82) is 0 Å². The molecule has 0 aromatic heterocycles. The zero-order valence-corrected chi connectivity index (χ0v) is 23.8. The van der Waals surface area contributed by atoms with E-state index in [2.05, 4.69) is 16.0 Å². The minimum atomic E-state index is -0.949. The van der Waals surface area contributed by atoms with Gasteiger partial charge in [-0.05, 0) is 55.0 Å². The average Bonchev–Trinajstić information content (AvgIpc) is 2.97. The number of carbonyl (C=O) groups is 4. The van der Waals surface area contributed by atoms with Crippen LogP contribution >= 0.6 is 0 Å². The zero-order valence-electron chi connectivity index (χ0n) is 23.8. The van der Waals surface area contributed by atoms with Gasteiger partial charge in [0.1, 0.15) is 17.8 Å². The Morgan fingerprint density at radius 2 is 1.85 bits per heavy atom. The summed E-state index contributed by atoms with van der Waals surface area (Å²) in [6, 6.07) is 13.7. The molecule has 0 saturated carbocycles. The summed E-state index contributed by atoms with van der Waals surface area (Å²) in [5.74, 6) is -0.628. The molecule has 0 aliphatic carbocycles. The van der Waals surface area contributed by atoms with E-state index >= 15 is 0 Å².